The molecule has 16 atom stereocenters. The second-order valence-corrected chi connectivity index (χ2v) is 29.8. The number of unbranched alkanes of at least 4 members (excludes halogenated alkanes) is 12. The molecular formula is C78H114F4N24O19. The van der Waals surface area contributed by atoms with Gasteiger partial charge >= 0.3 is 41.8 Å². The minimum atomic E-state index is -2.13. The number of aliphatic imine (C=N–C) groups is 4. The molecular weight excluding hydrogens is 1650 g/mol. The van der Waals surface area contributed by atoms with E-state index in [2.05, 4.69) is 107 Å². The van der Waals surface area contributed by atoms with Crippen molar-refractivity contribution >= 4 is 65.1 Å². The van der Waals surface area contributed by atoms with Crippen LogP contribution in [0.5, 0.6) is 0 Å². The number of azide groups is 4. The third-order valence-corrected chi connectivity index (χ3v) is 19.6. The lowest BCUT2D eigenvalue weighted by atomic mass is 10.1. The van der Waals surface area contributed by atoms with Gasteiger partial charge in [-0.3, -0.25) is 33.6 Å². The highest BCUT2D eigenvalue weighted by atomic mass is 19.1. The van der Waals surface area contributed by atoms with Crippen molar-refractivity contribution in [3.05, 3.63) is 140 Å². The largest absolute Gasteiger partial charge is 0.462 e. The Balaban J connectivity index is 0.000000298. The van der Waals surface area contributed by atoms with Gasteiger partial charge in [0, 0.05) is 76.6 Å². The maximum Gasteiger partial charge on any atom is 0.308 e. The Kier molecular flexibility index (Phi) is 41.5. The minimum Gasteiger partial charge on any atom is -0.462 e. The van der Waals surface area contributed by atoms with Gasteiger partial charge in [-0.05, 0) is 65.7 Å². The fourth-order valence-corrected chi connectivity index (χ4v) is 12.9. The lowest BCUT2D eigenvalue weighted by Gasteiger charge is -2.31. The van der Waals surface area contributed by atoms with Crippen molar-refractivity contribution < 1.29 is 108 Å². The third-order valence-electron chi connectivity index (χ3n) is 19.6. The molecule has 8 aliphatic rings. The number of ether oxygens (including phenoxy) is 11. The van der Waals surface area contributed by atoms with E-state index in [0.717, 1.165) is 77.0 Å². The molecule has 4 fully saturated rings. The van der Waals surface area contributed by atoms with Gasteiger partial charge in [0.1, 0.15) is 66.4 Å². The van der Waals surface area contributed by atoms with Gasteiger partial charge in [0.25, 0.3) is 0 Å². The zero-order valence-corrected chi connectivity index (χ0v) is 71.6. The second kappa shape index (κ2) is 50.1. The molecule has 8 rings (SSSR count). The van der Waals surface area contributed by atoms with Crippen LogP contribution in [0.1, 0.15) is 191 Å². The minimum absolute atomic E-state index is 0.0356. The van der Waals surface area contributed by atoms with E-state index >= 15 is 17.6 Å². The number of hydrogen-bond acceptors (Lipinski definition) is 35. The molecule has 0 bridgehead atoms. The number of rotatable bonds is 41. The van der Waals surface area contributed by atoms with Gasteiger partial charge in [-0.1, -0.05) is 186 Å². The highest BCUT2D eigenvalue weighted by Crippen LogP contribution is 2.46. The smallest absolute Gasteiger partial charge is 0.308 e. The average molecular weight is 1770 g/mol. The number of halogens is 4. The fourth-order valence-electron chi connectivity index (χ4n) is 12.9. The van der Waals surface area contributed by atoms with Crippen LogP contribution in [0.2, 0.25) is 0 Å². The first-order valence-corrected chi connectivity index (χ1v) is 40.8. The molecule has 0 amide bonds. The molecule has 0 radical (unpaired) electrons. The predicted octanol–water partition coefficient (Wildman–Crippen LogP) is 11.9. The molecule has 0 aliphatic carbocycles. The van der Waals surface area contributed by atoms with E-state index < -0.39 is 177 Å². The van der Waals surface area contributed by atoms with Crippen LogP contribution < -0.4 is 22.9 Å². The molecule has 8 aliphatic heterocycles. The highest BCUT2D eigenvalue weighted by Gasteiger charge is 2.65. The Bertz CT molecular complexity index is 4280. The summed E-state index contributed by atoms with van der Waals surface area (Å²) in [4.78, 5) is 116. The van der Waals surface area contributed by atoms with Crippen LogP contribution in [-0.4, -0.2) is 213 Å². The van der Waals surface area contributed by atoms with E-state index in [-0.39, 0.29) is 78.7 Å². The fraction of sp³-hybridized carbons (Fsp3) is 0.654. The summed E-state index contributed by atoms with van der Waals surface area (Å²) in [5.74, 6) is -4.73. The van der Waals surface area contributed by atoms with Crippen molar-refractivity contribution in [3.8, 4) is 0 Å². The third kappa shape index (κ3) is 28.5. The Morgan fingerprint density at radius 1 is 0.416 bits per heavy atom. The monoisotopic (exact) mass is 1770 g/mol. The lowest BCUT2D eigenvalue weighted by Crippen LogP contribution is -2.48. The standard InChI is InChI=1S/C26H41FN6O5.C18H25FN6O5.C18H27FN6O4.C16H21FN6O5/c1-4-6-8-10-12-14-21(34)36-18-26(31-32-29)24(37-22(35)15-13-11-9-7-5-2)23(27)25(38-26)33-17-16-20(28)30-19(33)3;1-9(2)16(26)28-8-18(23-24-21)14(29-17(27)10(3)4)13(19)15(30-18)25-7-6-12(20)22-11(25)5;1-3-4-5-6-7-8-14(27)28-16-15(19)17(29-18(16,11-26)23-24-21)25-10-9-13(20)22-12(25)2;1-4-11(24)26-8-16(21-22-19)14(27-12(25)5-2)13(17)15(28-16)23-7-6-10(18)20-9(23)3/h16-17,23-25H,3-15,18H2,1-2H3,(H2,28,30);6-7,9-10,13-15H,5,8H2,1-4H3,(H2,20,22);9-10,15-17,26H,2-8,11H2,1H3,(H2,20,22);6-7,13-15H,3-5,8H2,1-2H3,(H2,18,20)/t23-,24+,25-,26-;13-,14+,15-,18-;15-,16+,17-,18-;13-,14+,15-,16-/m1111/s1. The summed E-state index contributed by atoms with van der Waals surface area (Å²) in [5, 5.41) is 23.9. The van der Waals surface area contributed by atoms with Gasteiger partial charge in [0.05, 0.1) is 18.4 Å². The quantitative estimate of drug-likeness (QED) is 0.00722. The Hall–Kier alpha value is -11.9. The molecule has 125 heavy (non-hydrogen) atoms. The number of aliphatic hydroxyl groups is 1. The SMILES string of the molecule is C=C1N=C(N)C=CN1[C@@H]1O[C@@](CO)(N=[N+]=[N-])[C@@H](OC(=O)CCCCCCC)[C@H]1F.C=C1N=C(N)C=CN1[C@@H]1O[C@@](COC(=O)C(C)C)(N=[N+]=[N-])[C@@H](OC(=O)C(C)C)[C@H]1F.C=C1N=C(N)C=CN1[C@@H]1O[C@@](COC(=O)CC)(N=[N+]=[N-])[C@@H](OC(=O)CC)[C@H]1F.C=C1N=C(N)C=CN1[C@@H]1O[C@@](COC(=O)CCCCCCC)(N=[N+]=[N-])[C@@H](OC(=O)CCCCCCC)[C@H]1F. The van der Waals surface area contributed by atoms with Crippen LogP contribution >= 0.6 is 0 Å². The van der Waals surface area contributed by atoms with E-state index in [1.54, 1.807) is 34.6 Å². The maximum atomic E-state index is 15.9. The molecule has 0 aromatic rings. The van der Waals surface area contributed by atoms with Gasteiger partial charge < -0.3 is 99.7 Å². The molecule has 8 heterocycles. The molecule has 0 aromatic carbocycles. The summed E-state index contributed by atoms with van der Waals surface area (Å²) < 4.78 is 122. The first kappa shape index (κ1) is 104. The summed E-state index contributed by atoms with van der Waals surface area (Å²) in [6.07, 6.45) is 5.15. The van der Waals surface area contributed by atoms with Crippen molar-refractivity contribution in [2.75, 3.05) is 26.4 Å². The first-order valence-electron chi connectivity index (χ1n) is 40.8. The van der Waals surface area contributed by atoms with Gasteiger partial charge in [-0.2, -0.15) is 0 Å². The summed E-state index contributed by atoms with van der Waals surface area (Å²) in [6, 6.07) is 0. The first-order chi connectivity index (χ1) is 59.4. The molecule has 43 nitrogen and oxygen atoms in total. The van der Waals surface area contributed by atoms with E-state index in [1.807, 2.05) is 0 Å². The van der Waals surface area contributed by atoms with E-state index in [4.69, 9.17) is 91.6 Å². The normalized spacial score (nSPS) is 27.5. The summed E-state index contributed by atoms with van der Waals surface area (Å²) in [7, 11) is 0. The number of alkyl halides is 4. The molecule has 47 heteroatoms. The van der Waals surface area contributed by atoms with Crippen LogP contribution in [0, 0.1) is 11.8 Å². The van der Waals surface area contributed by atoms with Crippen molar-refractivity contribution in [2.24, 2.45) is 75.2 Å². The van der Waals surface area contributed by atoms with Gasteiger partial charge in [0.2, 0.25) is 22.9 Å². The molecule has 0 aromatic heterocycles. The number of hydrogen-bond donors (Lipinski definition) is 5. The molecule has 688 valence electrons. The number of amidine groups is 4. The summed E-state index contributed by atoms with van der Waals surface area (Å²) in [6.45, 7) is 27.7. The number of aliphatic hydroxyl groups excluding tert-OH is 1. The number of nitrogens with two attached hydrogens (primary N) is 4. The molecule has 0 unspecified atom stereocenters. The zero-order valence-electron chi connectivity index (χ0n) is 71.6. The summed E-state index contributed by atoms with van der Waals surface area (Å²) in [5.41, 5.74) is 50.3. The zero-order chi connectivity index (χ0) is 92.9. The molecule has 0 spiro atoms. The van der Waals surface area contributed by atoms with E-state index in [0.29, 0.717) is 19.3 Å². The van der Waals surface area contributed by atoms with Crippen LogP contribution in [0.25, 0.3) is 41.8 Å². The van der Waals surface area contributed by atoms with E-state index in [9.17, 15) is 44.2 Å². The highest BCUT2D eigenvalue weighted by molar-refractivity contribution is 5.94. The second-order valence-electron chi connectivity index (χ2n) is 29.8. The van der Waals surface area contributed by atoms with Crippen LogP contribution in [-0.2, 0) is 85.7 Å². The average Bonchev–Trinajstić information content (AvgIpc) is 1.63. The Morgan fingerprint density at radius 3 is 0.968 bits per heavy atom. The Labute approximate surface area is 720 Å². The van der Waals surface area contributed by atoms with Gasteiger partial charge in [-0.15, -0.1) is 0 Å². The molecule has 4 saturated heterocycles. The van der Waals surface area contributed by atoms with Crippen LogP contribution in [0.3, 0.4) is 0 Å². The number of nitrogens with zero attached hydrogens (tertiary/aromatic N) is 20. The Morgan fingerprint density at radius 2 is 0.680 bits per heavy atom. The maximum absolute atomic E-state index is 15.9. The molecule has 0 saturated carbocycles. The molecule has 9 N–H and O–H groups in total. The lowest BCUT2D eigenvalue weighted by molar-refractivity contribution is -0.181. The number of esters is 7. The van der Waals surface area contributed by atoms with Gasteiger partial charge in [0.15, 0.2) is 74.0 Å². The number of carbonyl (C=O) groups excluding carboxylic acids is 7. The summed E-state index contributed by atoms with van der Waals surface area (Å²) >= 11 is 0. The topological polar surface area (TPSA) is 603 Å². The van der Waals surface area contributed by atoms with Crippen LogP contribution in [0.15, 0.2) is 139 Å². The van der Waals surface area contributed by atoms with Crippen molar-refractivity contribution in [3.63, 3.8) is 0 Å². The van der Waals surface area contributed by atoms with Crippen molar-refractivity contribution in [2.45, 2.75) is 288 Å². The predicted molar refractivity (Wildman–Crippen MR) is 443 cm³/mol. The van der Waals surface area contributed by atoms with E-state index in [1.165, 1.54) is 75.6 Å². The van der Waals surface area contributed by atoms with Crippen molar-refractivity contribution in [1.29, 1.82) is 0 Å². The number of carbonyl (C=O) groups is 7. The van der Waals surface area contributed by atoms with Crippen molar-refractivity contribution in [1.82, 2.24) is 19.6 Å². The van der Waals surface area contributed by atoms with Crippen LogP contribution in [0.4, 0.5) is 17.6 Å². The van der Waals surface area contributed by atoms with Gasteiger partial charge in [-0.25, -0.2) is 37.5 Å².